The Balaban J connectivity index is 1.30. The van der Waals surface area contributed by atoms with Gasteiger partial charge < -0.3 is 130 Å². The molecule has 5 saturated heterocycles. The summed E-state index contributed by atoms with van der Waals surface area (Å²) >= 11 is 0. The average molecular weight is 911 g/mol. The molecule has 17 N–H and O–H groups in total. The van der Waals surface area contributed by atoms with Crippen LogP contribution < -0.4 is 10.6 Å². The van der Waals surface area contributed by atoms with Gasteiger partial charge in [0.2, 0.25) is 11.8 Å². The summed E-state index contributed by atoms with van der Waals surface area (Å²) in [4.78, 5) is 24.5. The topological polar surface area (TPSA) is 445 Å². The molecule has 62 heavy (non-hydrogen) atoms. The normalized spacial score (nSPS) is 49.0. The first-order valence-electron chi connectivity index (χ1n) is 19.6. The van der Waals surface area contributed by atoms with Crippen LogP contribution in [0.3, 0.4) is 0 Å². The highest BCUT2D eigenvalue weighted by Crippen LogP contribution is 2.34. The van der Waals surface area contributed by atoms with Gasteiger partial charge in [-0.25, -0.2) is 0 Å². The van der Waals surface area contributed by atoms with E-state index < -0.39 is 198 Å². The third-order valence-corrected chi connectivity index (χ3v) is 11.1. The Bertz CT molecular complexity index is 1440. The van der Waals surface area contributed by atoms with E-state index in [0.717, 1.165) is 13.8 Å². The van der Waals surface area contributed by atoms with Crippen molar-refractivity contribution in [3.63, 3.8) is 0 Å². The van der Waals surface area contributed by atoms with E-state index in [4.69, 9.17) is 42.6 Å². The molecule has 0 radical (unpaired) electrons. The predicted octanol–water partition coefficient (Wildman–Crippen LogP) is -11.6. The third-order valence-electron chi connectivity index (χ3n) is 11.1. The van der Waals surface area contributed by atoms with Gasteiger partial charge in [-0.05, 0) is 0 Å². The van der Waals surface area contributed by atoms with Crippen molar-refractivity contribution in [1.82, 2.24) is 10.6 Å². The number of aliphatic hydroxyl groups is 15. The molecule has 360 valence electrons. The fourth-order valence-electron chi connectivity index (χ4n) is 7.73. The lowest BCUT2D eigenvalue weighted by Gasteiger charge is -2.49. The minimum Gasteiger partial charge on any atom is -0.394 e. The average Bonchev–Trinajstić information content (AvgIpc) is 3.23. The van der Waals surface area contributed by atoms with Crippen molar-refractivity contribution in [2.24, 2.45) is 0 Å². The fraction of sp³-hybridized carbons (Fsp3) is 0.941. The van der Waals surface area contributed by atoms with E-state index in [-0.39, 0.29) is 0 Å². The van der Waals surface area contributed by atoms with Crippen LogP contribution in [0.25, 0.3) is 0 Å². The van der Waals surface area contributed by atoms with Crippen LogP contribution in [-0.4, -0.2) is 275 Å². The molecule has 0 aromatic carbocycles. The first kappa shape index (κ1) is 51.0. The molecule has 0 bridgehead atoms. The van der Waals surface area contributed by atoms with Gasteiger partial charge in [-0.3, -0.25) is 9.59 Å². The van der Waals surface area contributed by atoms with Crippen molar-refractivity contribution in [2.75, 3.05) is 33.0 Å². The van der Waals surface area contributed by atoms with Gasteiger partial charge in [-0.1, -0.05) is 0 Å². The van der Waals surface area contributed by atoms with Crippen molar-refractivity contribution >= 4 is 11.8 Å². The van der Waals surface area contributed by atoms with Gasteiger partial charge in [0, 0.05) is 13.8 Å². The summed E-state index contributed by atoms with van der Waals surface area (Å²) < 4.78 is 50.5. The number of hydrogen-bond acceptors (Lipinski definition) is 26. The van der Waals surface area contributed by atoms with Gasteiger partial charge in [0.25, 0.3) is 0 Å². The molecular formula is C34H58N2O26. The molecule has 5 aliphatic rings. The smallest absolute Gasteiger partial charge is 0.217 e. The molecule has 5 heterocycles. The van der Waals surface area contributed by atoms with Crippen LogP contribution >= 0.6 is 0 Å². The van der Waals surface area contributed by atoms with Crippen LogP contribution in [-0.2, 0) is 52.2 Å². The molecule has 28 nitrogen and oxygen atoms in total. The number of carbonyl (C=O) groups is 2. The molecule has 25 atom stereocenters. The predicted molar refractivity (Wildman–Crippen MR) is 190 cm³/mol. The van der Waals surface area contributed by atoms with Crippen molar-refractivity contribution in [2.45, 2.75) is 167 Å². The van der Waals surface area contributed by atoms with Crippen LogP contribution in [0, 0.1) is 0 Å². The maximum Gasteiger partial charge on any atom is 0.217 e. The van der Waals surface area contributed by atoms with Crippen molar-refractivity contribution in [1.29, 1.82) is 0 Å². The first-order valence-corrected chi connectivity index (χ1v) is 19.6. The van der Waals surface area contributed by atoms with Gasteiger partial charge in [-0.2, -0.15) is 0 Å². The van der Waals surface area contributed by atoms with E-state index in [0.29, 0.717) is 0 Å². The van der Waals surface area contributed by atoms with Crippen molar-refractivity contribution in [3.05, 3.63) is 0 Å². The molecule has 2 unspecified atom stereocenters. The second kappa shape index (κ2) is 22.0. The zero-order valence-electron chi connectivity index (χ0n) is 33.2. The molecule has 5 fully saturated rings. The summed E-state index contributed by atoms with van der Waals surface area (Å²) in [6.45, 7) is -2.17. The van der Waals surface area contributed by atoms with E-state index in [1.165, 1.54) is 0 Å². The number of rotatable bonds is 15. The minimum absolute atomic E-state index is 0.744. The van der Waals surface area contributed by atoms with Crippen LogP contribution in [0.15, 0.2) is 0 Å². The molecule has 0 spiro atoms. The van der Waals surface area contributed by atoms with Gasteiger partial charge >= 0.3 is 0 Å². The lowest BCUT2D eigenvalue weighted by Crippen LogP contribution is -2.69. The summed E-state index contributed by atoms with van der Waals surface area (Å²) in [6.07, 6.45) is -41.2. The van der Waals surface area contributed by atoms with E-state index >= 15 is 0 Å². The highest BCUT2D eigenvalue weighted by molar-refractivity contribution is 5.73. The number of ether oxygens (including phenoxy) is 9. The summed E-state index contributed by atoms with van der Waals surface area (Å²) in [5.74, 6) is -1.53. The number of amides is 2. The Morgan fingerprint density at radius 3 is 1.23 bits per heavy atom. The Kier molecular flexibility index (Phi) is 18.1. The second-order valence-electron chi connectivity index (χ2n) is 15.5. The lowest BCUT2D eigenvalue weighted by molar-refractivity contribution is -0.369. The molecule has 5 rings (SSSR count). The Hall–Kier alpha value is -2.02. The summed E-state index contributed by atoms with van der Waals surface area (Å²) in [5.41, 5.74) is 0. The first-order chi connectivity index (χ1) is 29.3. The number of carbonyl (C=O) groups excluding carboxylic acids is 2. The summed E-state index contributed by atoms with van der Waals surface area (Å²) in [5, 5.41) is 162. The van der Waals surface area contributed by atoms with Crippen molar-refractivity contribution < 1.29 is 129 Å². The maximum atomic E-state index is 12.3. The van der Waals surface area contributed by atoms with Crippen LogP contribution in [0.4, 0.5) is 0 Å². The Labute approximate surface area is 351 Å². The molecule has 5 aliphatic heterocycles. The third kappa shape index (κ3) is 11.0. The molecule has 2 amide bonds. The number of nitrogens with one attached hydrogen (secondary N) is 2. The Morgan fingerprint density at radius 2 is 0.806 bits per heavy atom. The van der Waals surface area contributed by atoms with Crippen molar-refractivity contribution in [3.8, 4) is 0 Å². The largest absolute Gasteiger partial charge is 0.394 e. The number of aliphatic hydroxyl groups excluding tert-OH is 15. The second-order valence-corrected chi connectivity index (χ2v) is 15.5. The quantitative estimate of drug-likeness (QED) is 0.0725. The molecule has 0 aromatic rings. The van der Waals surface area contributed by atoms with E-state index in [2.05, 4.69) is 10.6 Å². The van der Waals surface area contributed by atoms with Gasteiger partial charge in [0.15, 0.2) is 31.5 Å². The van der Waals surface area contributed by atoms with Crippen LogP contribution in [0.1, 0.15) is 13.8 Å². The maximum absolute atomic E-state index is 12.3. The van der Waals surface area contributed by atoms with E-state index in [9.17, 15) is 86.2 Å². The number of hydrogen-bond donors (Lipinski definition) is 17. The monoisotopic (exact) mass is 910 g/mol. The highest BCUT2D eigenvalue weighted by atomic mass is 16.8. The highest BCUT2D eigenvalue weighted by Gasteiger charge is 2.56. The molecule has 0 saturated carbocycles. The minimum atomic E-state index is -2.13. The molecule has 0 aromatic heterocycles. The zero-order valence-corrected chi connectivity index (χ0v) is 33.2. The fourth-order valence-corrected chi connectivity index (χ4v) is 7.73. The standard InChI is InChI=1S/C34H58N2O26/c1-8(41)35-15-20(46)27(60-33-24(50)22(48)17(43)10(3-37)56-33)12(5-39)58-31(15)54-7-14-19(45)29(26(52)30(53)55-14)62-32-16(36-9(2)42)21(47)28(13(6-40)59-32)61-34-25(51)23(49)18(44)11(4-38)57-34/h10-34,37-40,43-53H,3-7H2,1-2H3,(H,35,41)(H,36,42)/t10-,11-,12-,13-,14-,15-,16-,17+,18+,19+,20-,21-,22+,23+,24-,25-,26-,27-,28-,29+,30-,31?,32?,33+,34+/m1/s1. The van der Waals surface area contributed by atoms with Gasteiger partial charge in [0.05, 0.1) is 33.0 Å². The van der Waals surface area contributed by atoms with Crippen LogP contribution in [0.2, 0.25) is 0 Å². The van der Waals surface area contributed by atoms with Gasteiger partial charge in [-0.15, -0.1) is 0 Å². The van der Waals surface area contributed by atoms with E-state index in [1.807, 2.05) is 0 Å². The zero-order chi connectivity index (χ0) is 45.9. The Morgan fingerprint density at radius 1 is 0.419 bits per heavy atom. The SMILES string of the molecule is CC(=O)N[C@H]1C(OC[C@H]2O[C@@H](O)[C@H](O)[C@@H](OC3O[C@H](CO)[C@@H](O[C@@H]4O[C@H](CO)[C@H](O)[C@H](O)[C@H]4O)[C@H](O)[C@H]3NC(C)=O)[C@H]2O)O[C@H](CO)[C@@H](O[C@@H]2O[C@H](CO)[C@H](O)[C@H](O)[C@H]2O)[C@@H]1O. The molecule has 28 heteroatoms. The van der Waals surface area contributed by atoms with E-state index in [1.54, 1.807) is 0 Å². The molecule has 0 aliphatic carbocycles. The lowest BCUT2D eigenvalue weighted by atomic mass is 9.94. The van der Waals surface area contributed by atoms with Gasteiger partial charge in [0.1, 0.15) is 122 Å². The summed E-state index contributed by atoms with van der Waals surface area (Å²) in [7, 11) is 0. The van der Waals surface area contributed by atoms with Crippen LogP contribution in [0.5, 0.6) is 0 Å². The molecular weight excluding hydrogens is 852 g/mol. The summed E-state index contributed by atoms with van der Waals surface area (Å²) in [6, 6.07) is -3.22.